The van der Waals surface area contributed by atoms with Crippen molar-refractivity contribution in [3.63, 3.8) is 0 Å². The second-order valence-electron chi connectivity index (χ2n) is 5.83. The van der Waals surface area contributed by atoms with Gasteiger partial charge in [-0.25, -0.2) is 17.4 Å². The summed E-state index contributed by atoms with van der Waals surface area (Å²) in [6.07, 6.45) is 7.06. The number of rotatable bonds is 4. The topological polar surface area (TPSA) is 64.8 Å². The molecule has 0 bridgehead atoms. The summed E-state index contributed by atoms with van der Waals surface area (Å²) in [4.78, 5) is 8.60. The number of hydrogen-bond acceptors (Lipinski definition) is 4. The van der Waals surface area contributed by atoms with Gasteiger partial charge in [-0.05, 0) is 35.4 Å². The minimum atomic E-state index is -3.75. The van der Waals surface area contributed by atoms with E-state index in [1.54, 1.807) is 55.0 Å². The van der Waals surface area contributed by atoms with Gasteiger partial charge in [0.2, 0.25) is 0 Å². The fourth-order valence-corrected chi connectivity index (χ4v) is 4.39. The number of fused-ring (bicyclic) bond motifs is 1. The third kappa shape index (κ3) is 2.98. The van der Waals surface area contributed by atoms with E-state index in [-0.39, 0.29) is 4.90 Å². The monoisotopic (exact) mass is 383 g/mol. The summed E-state index contributed by atoms with van der Waals surface area (Å²) in [5, 5.41) is 1.17. The Labute approximate surface area is 156 Å². The molecule has 4 aromatic rings. The third-order valence-corrected chi connectivity index (χ3v) is 5.95. The van der Waals surface area contributed by atoms with Gasteiger partial charge in [-0.3, -0.25) is 4.98 Å². The standard InChI is InChI=1S/C19H14ClN3O2S/c20-16-10-18-15(9-14-5-4-8-21-11-14)13-23(19(18)22-12-16)26(24,25)17-6-2-1-3-7-17/h1-8,10-13H,9H2. The van der Waals surface area contributed by atoms with Crippen molar-refractivity contribution in [1.82, 2.24) is 13.9 Å². The largest absolute Gasteiger partial charge is 0.269 e. The van der Waals surface area contributed by atoms with Gasteiger partial charge in [0, 0.05) is 36.6 Å². The first-order valence-electron chi connectivity index (χ1n) is 7.91. The molecule has 26 heavy (non-hydrogen) atoms. The molecule has 0 aliphatic carbocycles. The lowest BCUT2D eigenvalue weighted by atomic mass is 10.1. The van der Waals surface area contributed by atoms with Crippen molar-refractivity contribution in [1.29, 1.82) is 0 Å². The molecule has 5 nitrogen and oxygen atoms in total. The van der Waals surface area contributed by atoms with Crippen LogP contribution in [0.4, 0.5) is 0 Å². The van der Waals surface area contributed by atoms with Crippen LogP contribution in [0.1, 0.15) is 11.1 Å². The second-order valence-corrected chi connectivity index (χ2v) is 8.08. The number of halogens is 1. The summed E-state index contributed by atoms with van der Waals surface area (Å²) in [5.74, 6) is 0. The normalized spacial score (nSPS) is 11.7. The molecule has 130 valence electrons. The van der Waals surface area contributed by atoms with Gasteiger partial charge in [0.15, 0.2) is 5.65 Å². The van der Waals surface area contributed by atoms with Gasteiger partial charge in [-0.15, -0.1) is 0 Å². The molecule has 0 unspecified atom stereocenters. The highest BCUT2D eigenvalue weighted by atomic mass is 35.5. The molecule has 3 heterocycles. The lowest BCUT2D eigenvalue weighted by Crippen LogP contribution is -2.12. The van der Waals surface area contributed by atoms with E-state index in [0.717, 1.165) is 11.1 Å². The van der Waals surface area contributed by atoms with Crippen LogP contribution in [0.15, 0.2) is 78.2 Å². The summed E-state index contributed by atoms with van der Waals surface area (Å²) in [6, 6.07) is 13.8. The van der Waals surface area contributed by atoms with E-state index in [4.69, 9.17) is 11.6 Å². The summed E-state index contributed by atoms with van der Waals surface area (Å²) in [7, 11) is -3.75. The summed E-state index contributed by atoms with van der Waals surface area (Å²) in [5.41, 5.74) is 2.16. The van der Waals surface area contributed by atoms with Crippen LogP contribution in [0, 0.1) is 0 Å². The lowest BCUT2D eigenvalue weighted by molar-refractivity contribution is 0.588. The van der Waals surface area contributed by atoms with Crippen molar-refractivity contribution >= 4 is 32.7 Å². The van der Waals surface area contributed by atoms with Crippen molar-refractivity contribution in [2.45, 2.75) is 11.3 Å². The van der Waals surface area contributed by atoms with Crippen molar-refractivity contribution in [3.8, 4) is 0 Å². The van der Waals surface area contributed by atoms with Gasteiger partial charge in [-0.2, -0.15) is 0 Å². The summed E-state index contributed by atoms with van der Waals surface area (Å²) < 4.78 is 27.4. The molecule has 0 aliphatic rings. The average molecular weight is 384 g/mol. The minimum Gasteiger partial charge on any atom is -0.264 e. The Hall–Kier alpha value is -2.70. The van der Waals surface area contributed by atoms with Crippen LogP contribution in [0.5, 0.6) is 0 Å². The first-order chi connectivity index (χ1) is 12.6. The molecule has 0 atom stereocenters. The molecule has 0 fully saturated rings. The molecule has 1 aromatic carbocycles. The Morgan fingerprint density at radius 2 is 1.85 bits per heavy atom. The van der Waals surface area contributed by atoms with E-state index in [1.165, 1.54) is 10.2 Å². The highest BCUT2D eigenvalue weighted by Gasteiger charge is 2.22. The van der Waals surface area contributed by atoms with E-state index in [1.807, 2.05) is 12.1 Å². The van der Waals surface area contributed by atoms with Crippen LogP contribution in [-0.2, 0) is 16.4 Å². The molecule has 0 saturated heterocycles. The molecular formula is C19H14ClN3O2S. The first-order valence-corrected chi connectivity index (χ1v) is 9.72. The van der Waals surface area contributed by atoms with Crippen LogP contribution in [0.3, 0.4) is 0 Å². The molecule has 3 aromatic heterocycles. The van der Waals surface area contributed by atoms with Crippen LogP contribution >= 0.6 is 11.6 Å². The number of benzene rings is 1. The molecular weight excluding hydrogens is 370 g/mol. The highest BCUT2D eigenvalue weighted by molar-refractivity contribution is 7.90. The molecule has 7 heteroatoms. The minimum absolute atomic E-state index is 0.210. The van der Waals surface area contributed by atoms with Gasteiger partial charge in [0.1, 0.15) is 0 Å². The van der Waals surface area contributed by atoms with Gasteiger partial charge in [0.05, 0.1) is 9.92 Å². The van der Waals surface area contributed by atoms with E-state index >= 15 is 0 Å². The zero-order chi connectivity index (χ0) is 18.1. The maximum atomic E-state index is 13.1. The zero-order valence-corrected chi connectivity index (χ0v) is 15.2. The van der Waals surface area contributed by atoms with E-state index in [2.05, 4.69) is 9.97 Å². The maximum Gasteiger partial charge on any atom is 0.269 e. The third-order valence-electron chi connectivity index (χ3n) is 4.08. The van der Waals surface area contributed by atoms with Crippen LogP contribution in [-0.4, -0.2) is 22.4 Å². The van der Waals surface area contributed by atoms with E-state index in [0.29, 0.717) is 22.5 Å². The molecule has 0 N–H and O–H groups in total. The number of aromatic nitrogens is 3. The van der Waals surface area contributed by atoms with Crippen LogP contribution in [0.2, 0.25) is 5.02 Å². The predicted molar refractivity (Wildman–Crippen MR) is 101 cm³/mol. The fourth-order valence-electron chi connectivity index (χ4n) is 2.87. The van der Waals surface area contributed by atoms with Crippen molar-refractivity contribution < 1.29 is 8.42 Å². The maximum absolute atomic E-state index is 13.1. The predicted octanol–water partition coefficient (Wildman–Crippen LogP) is 3.91. The molecule has 0 spiro atoms. The quantitative estimate of drug-likeness (QED) is 0.536. The molecule has 4 rings (SSSR count). The van der Waals surface area contributed by atoms with E-state index in [9.17, 15) is 8.42 Å². The first kappa shape index (κ1) is 16.8. The Morgan fingerprint density at radius 3 is 2.58 bits per heavy atom. The van der Waals surface area contributed by atoms with Gasteiger partial charge in [0.25, 0.3) is 10.0 Å². The number of pyridine rings is 2. The lowest BCUT2D eigenvalue weighted by Gasteiger charge is -2.06. The average Bonchev–Trinajstić information content (AvgIpc) is 3.02. The molecule has 0 amide bonds. The number of nitrogens with zero attached hydrogens (tertiary/aromatic N) is 3. The fraction of sp³-hybridized carbons (Fsp3) is 0.0526. The number of hydrogen-bond donors (Lipinski definition) is 0. The second kappa shape index (κ2) is 6.55. The van der Waals surface area contributed by atoms with Crippen LogP contribution < -0.4 is 0 Å². The van der Waals surface area contributed by atoms with Crippen molar-refractivity contribution in [2.24, 2.45) is 0 Å². The van der Waals surface area contributed by atoms with Crippen molar-refractivity contribution in [3.05, 3.63) is 89.5 Å². The van der Waals surface area contributed by atoms with Gasteiger partial charge in [-0.1, -0.05) is 35.9 Å². The van der Waals surface area contributed by atoms with Crippen molar-refractivity contribution in [2.75, 3.05) is 0 Å². The highest BCUT2D eigenvalue weighted by Crippen LogP contribution is 2.28. The molecule has 0 saturated carbocycles. The SMILES string of the molecule is O=S(=O)(c1ccccc1)n1cc(Cc2cccnc2)c2cc(Cl)cnc21. The Kier molecular flexibility index (Phi) is 4.22. The van der Waals surface area contributed by atoms with Crippen LogP contribution in [0.25, 0.3) is 11.0 Å². The van der Waals surface area contributed by atoms with Gasteiger partial charge < -0.3 is 0 Å². The summed E-state index contributed by atoms with van der Waals surface area (Å²) in [6.45, 7) is 0. The Bertz CT molecular complexity index is 1170. The Morgan fingerprint density at radius 1 is 1.04 bits per heavy atom. The Balaban J connectivity index is 1.91. The van der Waals surface area contributed by atoms with E-state index < -0.39 is 10.0 Å². The molecule has 0 radical (unpaired) electrons. The van der Waals surface area contributed by atoms with Gasteiger partial charge >= 0.3 is 0 Å². The smallest absolute Gasteiger partial charge is 0.264 e. The summed E-state index contributed by atoms with van der Waals surface area (Å²) >= 11 is 6.10. The zero-order valence-electron chi connectivity index (χ0n) is 13.6. The molecule has 0 aliphatic heterocycles.